The SMILES string of the molecule is CC1(C(N)c2ccc(F)cc2)CCCO1. The average Bonchev–Trinajstić information content (AvgIpc) is 2.67. The van der Waals surface area contributed by atoms with Crippen LogP contribution in [0.2, 0.25) is 0 Å². The van der Waals surface area contributed by atoms with Crippen molar-refractivity contribution in [2.75, 3.05) is 6.61 Å². The molecule has 1 saturated heterocycles. The van der Waals surface area contributed by atoms with Crippen LogP contribution >= 0.6 is 0 Å². The molecule has 1 aromatic carbocycles. The molecule has 1 aliphatic rings. The first-order valence-electron chi connectivity index (χ1n) is 5.27. The fourth-order valence-corrected chi connectivity index (χ4v) is 2.07. The van der Waals surface area contributed by atoms with E-state index in [1.807, 2.05) is 6.92 Å². The molecule has 0 saturated carbocycles. The fraction of sp³-hybridized carbons (Fsp3) is 0.500. The largest absolute Gasteiger partial charge is 0.373 e. The highest BCUT2D eigenvalue weighted by molar-refractivity contribution is 5.22. The molecule has 0 bridgehead atoms. The lowest BCUT2D eigenvalue weighted by Crippen LogP contribution is -2.37. The van der Waals surface area contributed by atoms with E-state index in [0.29, 0.717) is 0 Å². The number of nitrogens with two attached hydrogens (primary N) is 1. The van der Waals surface area contributed by atoms with Crippen LogP contribution < -0.4 is 5.73 Å². The van der Waals surface area contributed by atoms with Crippen molar-refractivity contribution in [3.05, 3.63) is 35.6 Å². The van der Waals surface area contributed by atoms with E-state index >= 15 is 0 Å². The molecule has 2 nitrogen and oxygen atoms in total. The first-order valence-corrected chi connectivity index (χ1v) is 5.27. The van der Waals surface area contributed by atoms with Gasteiger partial charge in [-0.1, -0.05) is 12.1 Å². The summed E-state index contributed by atoms with van der Waals surface area (Å²) < 4.78 is 18.4. The summed E-state index contributed by atoms with van der Waals surface area (Å²) >= 11 is 0. The summed E-state index contributed by atoms with van der Waals surface area (Å²) in [7, 11) is 0. The quantitative estimate of drug-likeness (QED) is 0.811. The topological polar surface area (TPSA) is 35.2 Å². The smallest absolute Gasteiger partial charge is 0.123 e. The van der Waals surface area contributed by atoms with E-state index in [4.69, 9.17) is 10.5 Å². The Morgan fingerprint density at radius 2 is 2.07 bits per heavy atom. The van der Waals surface area contributed by atoms with Crippen molar-refractivity contribution in [2.45, 2.75) is 31.4 Å². The van der Waals surface area contributed by atoms with Gasteiger partial charge in [0.1, 0.15) is 5.82 Å². The first kappa shape index (κ1) is 10.6. The minimum atomic E-state index is -0.294. The molecule has 0 amide bonds. The third-order valence-electron chi connectivity index (χ3n) is 3.14. The maximum Gasteiger partial charge on any atom is 0.123 e. The summed E-state index contributed by atoms with van der Waals surface area (Å²) in [5.74, 6) is -0.233. The van der Waals surface area contributed by atoms with Crippen LogP contribution in [-0.2, 0) is 4.74 Å². The number of ether oxygens (including phenoxy) is 1. The summed E-state index contributed by atoms with van der Waals surface area (Å²) in [6, 6.07) is 6.15. The molecule has 1 aromatic rings. The van der Waals surface area contributed by atoms with E-state index in [9.17, 15) is 4.39 Å². The van der Waals surface area contributed by atoms with Crippen molar-refractivity contribution in [2.24, 2.45) is 5.73 Å². The molecule has 82 valence electrons. The summed E-state index contributed by atoms with van der Waals surface area (Å²) in [6.07, 6.45) is 2.01. The van der Waals surface area contributed by atoms with Crippen molar-refractivity contribution in [3.8, 4) is 0 Å². The average molecular weight is 209 g/mol. The van der Waals surface area contributed by atoms with Gasteiger partial charge in [-0.3, -0.25) is 0 Å². The minimum absolute atomic E-state index is 0.180. The summed E-state index contributed by atoms with van der Waals surface area (Å²) in [6.45, 7) is 2.79. The molecular formula is C12H16FNO. The Morgan fingerprint density at radius 1 is 1.40 bits per heavy atom. The van der Waals surface area contributed by atoms with Gasteiger partial charge in [0.2, 0.25) is 0 Å². The first-order chi connectivity index (χ1) is 7.12. The molecule has 1 aliphatic heterocycles. The molecule has 2 unspecified atom stereocenters. The van der Waals surface area contributed by atoms with Gasteiger partial charge in [0, 0.05) is 6.61 Å². The molecule has 0 aliphatic carbocycles. The fourth-order valence-electron chi connectivity index (χ4n) is 2.07. The molecule has 0 aromatic heterocycles. The van der Waals surface area contributed by atoms with Crippen molar-refractivity contribution < 1.29 is 9.13 Å². The van der Waals surface area contributed by atoms with Crippen molar-refractivity contribution >= 4 is 0 Å². The second-order valence-corrected chi connectivity index (χ2v) is 4.29. The van der Waals surface area contributed by atoms with Gasteiger partial charge in [0.15, 0.2) is 0 Å². The second-order valence-electron chi connectivity index (χ2n) is 4.29. The standard InChI is InChI=1S/C12H16FNO/c1-12(7-2-8-15-12)11(14)9-3-5-10(13)6-4-9/h3-6,11H,2,7-8,14H2,1H3. The van der Waals surface area contributed by atoms with Gasteiger partial charge < -0.3 is 10.5 Å². The summed E-state index contributed by atoms with van der Waals surface area (Å²) in [5, 5.41) is 0. The number of halogens is 1. The molecule has 1 fully saturated rings. The lowest BCUT2D eigenvalue weighted by Gasteiger charge is -2.30. The zero-order valence-electron chi connectivity index (χ0n) is 8.87. The monoisotopic (exact) mass is 209 g/mol. The van der Waals surface area contributed by atoms with Gasteiger partial charge in [0.05, 0.1) is 11.6 Å². The van der Waals surface area contributed by atoms with Crippen LogP contribution in [0.5, 0.6) is 0 Å². The highest BCUT2D eigenvalue weighted by Crippen LogP contribution is 2.35. The van der Waals surface area contributed by atoms with Gasteiger partial charge in [-0.05, 0) is 37.5 Å². The van der Waals surface area contributed by atoms with Crippen molar-refractivity contribution in [1.29, 1.82) is 0 Å². The highest BCUT2D eigenvalue weighted by atomic mass is 19.1. The van der Waals surface area contributed by atoms with Crippen molar-refractivity contribution in [1.82, 2.24) is 0 Å². The maximum absolute atomic E-state index is 12.8. The Morgan fingerprint density at radius 3 is 2.60 bits per heavy atom. The number of rotatable bonds is 2. The third-order valence-corrected chi connectivity index (χ3v) is 3.14. The maximum atomic E-state index is 12.8. The Labute approximate surface area is 89.2 Å². The molecular weight excluding hydrogens is 193 g/mol. The van der Waals surface area contributed by atoms with Gasteiger partial charge in [-0.2, -0.15) is 0 Å². The molecule has 2 N–H and O–H groups in total. The van der Waals surface area contributed by atoms with E-state index in [0.717, 1.165) is 25.0 Å². The molecule has 2 rings (SSSR count). The van der Waals surface area contributed by atoms with E-state index in [1.54, 1.807) is 12.1 Å². The summed E-state index contributed by atoms with van der Waals surface area (Å²) in [4.78, 5) is 0. The normalized spacial score (nSPS) is 27.9. The predicted octanol–water partition coefficient (Wildman–Crippen LogP) is 2.39. The van der Waals surface area contributed by atoms with Crippen LogP contribution in [0, 0.1) is 5.82 Å². The number of benzene rings is 1. The Balaban J connectivity index is 2.19. The van der Waals surface area contributed by atoms with Crippen LogP contribution in [0.1, 0.15) is 31.4 Å². The second kappa shape index (κ2) is 3.91. The van der Waals surface area contributed by atoms with Gasteiger partial charge in [0.25, 0.3) is 0 Å². The molecule has 2 atom stereocenters. The van der Waals surface area contributed by atoms with E-state index in [-0.39, 0.29) is 17.5 Å². The molecule has 0 spiro atoms. The lowest BCUT2D eigenvalue weighted by atomic mass is 9.88. The Hall–Kier alpha value is -0.930. The van der Waals surface area contributed by atoms with Crippen LogP contribution in [-0.4, -0.2) is 12.2 Å². The zero-order valence-corrected chi connectivity index (χ0v) is 8.87. The zero-order chi connectivity index (χ0) is 10.9. The van der Waals surface area contributed by atoms with E-state index in [2.05, 4.69) is 0 Å². The third kappa shape index (κ3) is 2.03. The predicted molar refractivity (Wildman–Crippen MR) is 56.9 cm³/mol. The van der Waals surface area contributed by atoms with Crippen LogP contribution in [0.3, 0.4) is 0 Å². The van der Waals surface area contributed by atoms with Gasteiger partial charge in [-0.25, -0.2) is 4.39 Å². The molecule has 0 radical (unpaired) electrons. The van der Waals surface area contributed by atoms with Crippen molar-refractivity contribution in [3.63, 3.8) is 0 Å². The number of hydrogen-bond donors (Lipinski definition) is 1. The minimum Gasteiger partial charge on any atom is -0.373 e. The molecule has 15 heavy (non-hydrogen) atoms. The van der Waals surface area contributed by atoms with Gasteiger partial charge in [-0.15, -0.1) is 0 Å². The summed E-state index contributed by atoms with van der Waals surface area (Å²) in [5.41, 5.74) is 6.77. The molecule has 1 heterocycles. The Bertz CT molecular complexity index is 330. The van der Waals surface area contributed by atoms with Crippen LogP contribution in [0.4, 0.5) is 4.39 Å². The lowest BCUT2D eigenvalue weighted by molar-refractivity contribution is -0.00175. The van der Waals surface area contributed by atoms with E-state index in [1.165, 1.54) is 12.1 Å². The van der Waals surface area contributed by atoms with E-state index < -0.39 is 0 Å². The Kier molecular flexibility index (Phi) is 2.76. The number of hydrogen-bond acceptors (Lipinski definition) is 2. The van der Waals surface area contributed by atoms with Crippen LogP contribution in [0.25, 0.3) is 0 Å². The van der Waals surface area contributed by atoms with Crippen LogP contribution in [0.15, 0.2) is 24.3 Å². The highest BCUT2D eigenvalue weighted by Gasteiger charge is 2.36. The molecule has 3 heteroatoms. The van der Waals surface area contributed by atoms with Gasteiger partial charge >= 0.3 is 0 Å².